The van der Waals surface area contributed by atoms with Crippen LogP contribution in [-0.2, 0) is 4.79 Å². The standard InChI is InChI=1S/C40H71NO3/c1-3-5-7-9-11-13-14-15-16-17-18-19-20-21-22-23-24-25-26-28-30-32-34-36-40(44)41-38(37-42)39(43)35-33-31-29-27-12-10-8-6-4-2/h5,7,11,13,15-16,18-19,21-22,38-39,42-43H,3-4,6,8-10,12,14,17,20,23-37H2,1-2H3,(H,41,44)/b7-5-,13-11-,16-15-,19-18-,22-21-. The molecule has 0 aromatic rings. The minimum Gasteiger partial charge on any atom is -0.394 e. The molecular formula is C40H71NO3. The van der Waals surface area contributed by atoms with Crippen molar-refractivity contribution in [3.63, 3.8) is 0 Å². The van der Waals surface area contributed by atoms with E-state index in [-0.39, 0.29) is 12.5 Å². The van der Waals surface area contributed by atoms with Crippen LogP contribution >= 0.6 is 0 Å². The van der Waals surface area contributed by atoms with Crippen LogP contribution in [0.5, 0.6) is 0 Å². The van der Waals surface area contributed by atoms with Gasteiger partial charge < -0.3 is 15.5 Å². The lowest BCUT2D eigenvalue weighted by Crippen LogP contribution is -2.45. The van der Waals surface area contributed by atoms with Gasteiger partial charge >= 0.3 is 0 Å². The first-order chi connectivity index (χ1) is 21.7. The topological polar surface area (TPSA) is 69.6 Å². The van der Waals surface area contributed by atoms with Gasteiger partial charge in [0.2, 0.25) is 5.91 Å². The van der Waals surface area contributed by atoms with Gasteiger partial charge in [0.15, 0.2) is 0 Å². The molecule has 3 N–H and O–H groups in total. The van der Waals surface area contributed by atoms with Crippen LogP contribution in [0.4, 0.5) is 0 Å². The zero-order chi connectivity index (χ0) is 32.2. The number of aliphatic hydroxyl groups excluding tert-OH is 2. The summed E-state index contributed by atoms with van der Waals surface area (Å²) in [5.74, 6) is -0.0489. The third-order valence-corrected chi connectivity index (χ3v) is 8.04. The fourth-order valence-corrected chi connectivity index (χ4v) is 5.21. The summed E-state index contributed by atoms with van der Waals surface area (Å²) in [5, 5.41) is 22.9. The number of rotatable bonds is 32. The van der Waals surface area contributed by atoms with E-state index >= 15 is 0 Å². The third-order valence-electron chi connectivity index (χ3n) is 8.04. The van der Waals surface area contributed by atoms with E-state index in [1.807, 2.05) is 0 Å². The molecule has 0 rings (SSSR count). The van der Waals surface area contributed by atoms with Crippen molar-refractivity contribution in [1.82, 2.24) is 5.32 Å². The highest BCUT2D eigenvalue weighted by molar-refractivity contribution is 5.76. The number of amides is 1. The molecule has 0 saturated carbocycles. The van der Waals surface area contributed by atoms with Crippen LogP contribution in [0.3, 0.4) is 0 Å². The summed E-state index contributed by atoms with van der Waals surface area (Å²) in [5.41, 5.74) is 0. The normalized spacial score (nSPS) is 13.8. The van der Waals surface area contributed by atoms with Gasteiger partial charge in [0, 0.05) is 6.42 Å². The number of carbonyl (C=O) groups is 1. The summed E-state index contributed by atoms with van der Waals surface area (Å²) in [7, 11) is 0. The van der Waals surface area contributed by atoms with Gasteiger partial charge in [-0.2, -0.15) is 0 Å². The summed E-state index contributed by atoms with van der Waals surface area (Å²) < 4.78 is 0. The second-order valence-electron chi connectivity index (χ2n) is 12.3. The molecule has 254 valence electrons. The van der Waals surface area contributed by atoms with Crippen molar-refractivity contribution < 1.29 is 15.0 Å². The van der Waals surface area contributed by atoms with Crippen LogP contribution in [0.25, 0.3) is 0 Å². The van der Waals surface area contributed by atoms with Crippen LogP contribution in [-0.4, -0.2) is 34.9 Å². The van der Waals surface area contributed by atoms with Crippen molar-refractivity contribution in [3.8, 4) is 0 Å². The van der Waals surface area contributed by atoms with E-state index in [2.05, 4.69) is 79.9 Å². The van der Waals surface area contributed by atoms with Crippen molar-refractivity contribution in [2.75, 3.05) is 6.61 Å². The number of hydrogen-bond acceptors (Lipinski definition) is 3. The first-order valence-corrected chi connectivity index (χ1v) is 18.5. The van der Waals surface area contributed by atoms with E-state index < -0.39 is 12.1 Å². The molecule has 44 heavy (non-hydrogen) atoms. The molecule has 0 saturated heterocycles. The molecule has 1 amide bonds. The van der Waals surface area contributed by atoms with E-state index in [9.17, 15) is 15.0 Å². The second kappa shape index (κ2) is 35.6. The predicted molar refractivity (Wildman–Crippen MR) is 193 cm³/mol. The Balaban J connectivity index is 3.61. The maximum atomic E-state index is 12.3. The Hall–Kier alpha value is -1.91. The van der Waals surface area contributed by atoms with Crippen molar-refractivity contribution in [2.45, 2.75) is 180 Å². The first-order valence-electron chi connectivity index (χ1n) is 18.5. The molecule has 4 nitrogen and oxygen atoms in total. The number of nitrogens with one attached hydrogen (secondary N) is 1. The van der Waals surface area contributed by atoms with E-state index in [1.54, 1.807) is 0 Å². The fraction of sp³-hybridized carbons (Fsp3) is 0.725. The van der Waals surface area contributed by atoms with Crippen molar-refractivity contribution in [1.29, 1.82) is 0 Å². The Morgan fingerprint density at radius 1 is 0.568 bits per heavy atom. The number of carbonyl (C=O) groups excluding carboxylic acids is 1. The molecule has 2 unspecified atom stereocenters. The Bertz CT molecular complexity index is 752. The van der Waals surface area contributed by atoms with Crippen LogP contribution < -0.4 is 5.32 Å². The van der Waals surface area contributed by atoms with Gasteiger partial charge in [-0.25, -0.2) is 0 Å². The average molecular weight is 614 g/mol. The Kier molecular flexibility index (Phi) is 34.0. The second-order valence-corrected chi connectivity index (χ2v) is 12.3. The third kappa shape index (κ3) is 31.5. The van der Waals surface area contributed by atoms with E-state index in [0.717, 1.165) is 64.2 Å². The Morgan fingerprint density at radius 2 is 1.00 bits per heavy atom. The van der Waals surface area contributed by atoms with Gasteiger partial charge in [-0.1, -0.05) is 164 Å². The quantitative estimate of drug-likeness (QED) is 0.0522. The molecule has 4 heteroatoms. The zero-order valence-corrected chi connectivity index (χ0v) is 28.9. The molecule has 0 bridgehead atoms. The highest BCUT2D eigenvalue weighted by Gasteiger charge is 2.19. The van der Waals surface area contributed by atoms with Crippen molar-refractivity contribution in [3.05, 3.63) is 60.8 Å². The first kappa shape index (κ1) is 42.1. The molecular weight excluding hydrogens is 542 g/mol. The van der Waals surface area contributed by atoms with Gasteiger partial charge in [-0.15, -0.1) is 0 Å². The monoisotopic (exact) mass is 614 g/mol. The molecule has 0 aromatic carbocycles. The van der Waals surface area contributed by atoms with E-state index in [4.69, 9.17) is 0 Å². The van der Waals surface area contributed by atoms with Gasteiger partial charge in [0.05, 0.1) is 18.8 Å². The molecule has 0 aromatic heterocycles. The molecule has 0 radical (unpaired) electrons. The predicted octanol–water partition coefficient (Wildman–Crippen LogP) is 11.0. The molecule has 0 fully saturated rings. The summed E-state index contributed by atoms with van der Waals surface area (Å²) >= 11 is 0. The van der Waals surface area contributed by atoms with Crippen molar-refractivity contribution in [2.24, 2.45) is 0 Å². The highest BCUT2D eigenvalue weighted by atomic mass is 16.3. The molecule has 0 aliphatic heterocycles. The smallest absolute Gasteiger partial charge is 0.220 e. The van der Waals surface area contributed by atoms with Gasteiger partial charge in [0.1, 0.15) is 0 Å². The number of aliphatic hydroxyl groups is 2. The maximum absolute atomic E-state index is 12.3. The zero-order valence-electron chi connectivity index (χ0n) is 28.9. The van der Waals surface area contributed by atoms with Gasteiger partial charge in [-0.3, -0.25) is 4.79 Å². The highest BCUT2D eigenvalue weighted by Crippen LogP contribution is 2.13. The molecule has 2 atom stereocenters. The summed E-state index contributed by atoms with van der Waals surface area (Å²) in [6.45, 7) is 4.20. The lowest BCUT2D eigenvalue weighted by molar-refractivity contribution is -0.123. The van der Waals surface area contributed by atoms with Gasteiger partial charge in [0.25, 0.3) is 0 Å². The fourth-order valence-electron chi connectivity index (χ4n) is 5.21. The molecule has 0 spiro atoms. The van der Waals surface area contributed by atoms with Gasteiger partial charge in [-0.05, 0) is 57.8 Å². The lowest BCUT2D eigenvalue weighted by Gasteiger charge is -2.22. The van der Waals surface area contributed by atoms with E-state index in [0.29, 0.717) is 12.8 Å². The lowest BCUT2D eigenvalue weighted by atomic mass is 10.0. The molecule has 0 heterocycles. The summed E-state index contributed by atoms with van der Waals surface area (Å²) in [6.07, 6.45) is 48.5. The SMILES string of the molecule is CC/C=C\C/C=C\C/C=C\C/C=C\C/C=C\CCCCCCCCCC(=O)NC(CO)C(O)CCCCCCCCCCC. The summed E-state index contributed by atoms with van der Waals surface area (Å²) in [4.78, 5) is 12.3. The number of unbranched alkanes of at least 4 members (excludes halogenated alkanes) is 15. The number of hydrogen-bond donors (Lipinski definition) is 3. The Morgan fingerprint density at radius 3 is 1.50 bits per heavy atom. The summed E-state index contributed by atoms with van der Waals surface area (Å²) in [6, 6.07) is -0.542. The van der Waals surface area contributed by atoms with Crippen LogP contribution in [0.1, 0.15) is 168 Å². The van der Waals surface area contributed by atoms with Crippen molar-refractivity contribution >= 4 is 5.91 Å². The van der Waals surface area contributed by atoms with Crippen LogP contribution in [0, 0.1) is 0 Å². The minimum absolute atomic E-state index is 0.0489. The molecule has 0 aliphatic carbocycles. The largest absolute Gasteiger partial charge is 0.394 e. The Labute approximate surface area is 273 Å². The molecule has 0 aliphatic rings. The van der Waals surface area contributed by atoms with Crippen LogP contribution in [0.2, 0.25) is 0 Å². The number of allylic oxidation sites excluding steroid dienone is 10. The maximum Gasteiger partial charge on any atom is 0.220 e. The van der Waals surface area contributed by atoms with E-state index in [1.165, 1.54) is 77.0 Å². The minimum atomic E-state index is -0.664. The van der Waals surface area contributed by atoms with Crippen LogP contribution in [0.15, 0.2) is 60.8 Å². The average Bonchev–Trinajstić information content (AvgIpc) is 3.03.